The van der Waals surface area contributed by atoms with Gasteiger partial charge in [-0.25, -0.2) is 0 Å². The van der Waals surface area contributed by atoms with Crippen LogP contribution in [-0.4, -0.2) is 96.7 Å². The summed E-state index contributed by atoms with van der Waals surface area (Å²) in [4.78, 5) is 43.4. The second kappa shape index (κ2) is 14.7. The monoisotopic (exact) mass is 406 g/mol. The van der Waals surface area contributed by atoms with Gasteiger partial charge in [0.15, 0.2) is 0 Å². The fourth-order valence-electron chi connectivity index (χ4n) is 2.67. The van der Waals surface area contributed by atoms with Gasteiger partial charge in [-0.2, -0.15) is 0 Å². The molecule has 0 rings (SSSR count). The van der Waals surface area contributed by atoms with E-state index in [0.717, 1.165) is 0 Å². The number of aliphatic carboxylic acids is 4. The highest BCUT2D eigenvalue weighted by Crippen LogP contribution is 2.30. The number of hydrogen-bond donors (Lipinski definition) is 8. The van der Waals surface area contributed by atoms with Crippen molar-refractivity contribution in [3.8, 4) is 0 Å². The fraction of sp³-hybridized carbons (Fsp3) is 0.750. The Hall–Kier alpha value is -2.28. The maximum atomic E-state index is 11.0. The summed E-state index contributed by atoms with van der Waals surface area (Å²) in [5, 5.41) is 47.4. The van der Waals surface area contributed by atoms with Crippen LogP contribution in [0.4, 0.5) is 0 Å². The van der Waals surface area contributed by atoms with Crippen LogP contribution in [0.25, 0.3) is 0 Å². The molecule has 0 aliphatic carbocycles. The largest absolute Gasteiger partial charge is 0.481 e. The molecule has 0 heterocycles. The van der Waals surface area contributed by atoms with Gasteiger partial charge < -0.3 is 41.7 Å². The van der Waals surface area contributed by atoms with E-state index in [1.54, 1.807) is 0 Å². The van der Waals surface area contributed by atoms with Crippen LogP contribution in [-0.2, 0) is 19.2 Å². The lowest BCUT2D eigenvalue weighted by Crippen LogP contribution is -2.42. The van der Waals surface area contributed by atoms with Crippen LogP contribution in [0.5, 0.6) is 0 Å². The Bertz CT molecular complexity index is 474. The zero-order valence-electron chi connectivity index (χ0n) is 15.7. The number of nitrogens with one attached hydrogen (secondary N) is 4. The van der Waals surface area contributed by atoms with Gasteiger partial charge in [0, 0.05) is 51.2 Å². The van der Waals surface area contributed by atoms with Crippen LogP contribution < -0.4 is 21.3 Å². The Kier molecular flexibility index (Phi) is 13.5. The summed E-state index contributed by atoms with van der Waals surface area (Å²) in [7, 11) is 0. The van der Waals surface area contributed by atoms with Gasteiger partial charge in [0.2, 0.25) is 0 Å². The van der Waals surface area contributed by atoms with E-state index in [-0.39, 0.29) is 13.1 Å². The normalized spacial score (nSPS) is 11.3. The summed E-state index contributed by atoms with van der Waals surface area (Å²) in [6, 6.07) is 0. The summed E-state index contributed by atoms with van der Waals surface area (Å²) in [6.45, 7) is 3.29. The van der Waals surface area contributed by atoms with Crippen molar-refractivity contribution in [2.45, 2.75) is 19.3 Å². The molecule has 12 heteroatoms. The van der Waals surface area contributed by atoms with E-state index in [1.165, 1.54) is 0 Å². The molecule has 0 radical (unpaired) electrons. The number of hydrogen-bond acceptors (Lipinski definition) is 8. The summed E-state index contributed by atoms with van der Waals surface area (Å²) in [6.07, 6.45) is -1.65. The van der Waals surface area contributed by atoms with Crippen molar-refractivity contribution in [1.29, 1.82) is 0 Å². The van der Waals surface area contributed by atoms with Crippen LogP contribution in [0.15, 0.2) is 0 Å². The van der Waals surface area contributed by atoms with E-state index in [0.29, 0.717) is 39.3 Å². The predicted molar refractivity (Wildman–Crippen MR) is 98.3 cm³/mol. The van der Waals surface area contributed by atoms with Crippen molar-refractivity contribution in [1.82, 2.24) is 21.3 Å². The molecule has 0 saturated heterocycles. The summed E-state index contributed by atoms with van der Waals surface area (Å²) < 4.78 is 0. The summed E-state index contributed by atoms with van der Waals surface area (Å²) >= 11 is 0. The molecule has 0 aliphatic rings. The Balaban J connectivity index is 4.03. The Labute approximate surface area is 162 Å². The van der Waals surface area contributed by atoms with Crippen molar-refractivity contribution in [3.05, 3.63) is 0 Å². The summed E-state index contributed by atoms with van der Waals surface area (Å²) in [5.74, 6) is -4.64. The molecule has 0 unspecified atom stereocenters. The topological polar surface area (TPSA) is 197 Å². The second-order valence-corrected chi connectivity index (χ2v) is 6.46. The third kappa shape index (κ3) is 14.8. The number of carboxylic acids is 4. The molecule has 162 valence electrons. The van der Waals surface area contributed by atoms with E-state index in [2.05, 4.69) is 21.3 Å². The first-order chi connectivity index (χ1) is 13.2. The van der Waals surface area contributed by atoms with Crippen LogP contribution in [0, 0.1) is 5.41 Å². The third-order valence-electron chi connectivity index (χ3n) is 3.79. The molecule has 0 aromatic carbocycles. The average molecular weight is 406 g/mol. The molecule has 8 N–H and O–H groups in total. The molecule has 0 fully saturated rings. The minimum atomic E-state index is -1.39. The van der Waals surface area contributed by atoms with Gasteiger partial charge in [0.25, 0.3) is 0 Å². The van der Waals surface area contributed by atoms with Crippen LogP contribution in [0.1, 0.15) is 19.3 Å². The van der Waals surface area contributed by atoms with Gasteiger partial charge in [-0.3, -0.25) is 19.2 Å². The molecular weight excluding hydrogens is 376 g/mol. The first-order valence-corrected chi connectivity index (χ1v) is 8.87. The Morgan fingerprint density at radius 2 is 0.893 bits per heavy atom. The van der Waals surface area contributed by atoms with E-state index < -0.39 is 48.6 Å². The highest BCUT2D eigenvalue weighted by atomic mass is 16.4. The highest BCUT2D eigenvalue weighted by molar-refractivity contribution is 5.75. The van der Waals surface area contributed by atoms with Crippen molar-refractivity contribution in [2.75, 3.05) is 52.4 Å². The standard InChI is InChI=1S/C16H30N4O8/c21-12(22)7-16(8-13(23)24,9-14(25)26)11-20-6-4-18-2-1-17-3-5-19-10-15(27)28/h17-20H,1-11H2,(H,21,22)(H,23,24)(H,25,26)(H,27,28). The van der Waals surface area contributed by atoms with Crippen molar-refractivity contribution < 1.29 is 39.6 Å². The molecule has 0 aromatic rings. The highest BCUT2D eigenvalue weighted by Gasteiger charge is 2.37. The zero-order valence-corrected chi connectivity index (χ0v) is 15.7. The van der Waals surface area contributed by atoms with Crippen molar-refractivity contribution >= 4 is 23.9 Å². The van der Waals surface area contributed by atoms with Gasteiger partial charge in [-0.15, -0.1) is 0 Å². The summed E-state index contributed by atoms with van der Waals surface area (Å²) in [5.41, 5.74) is -1.39. The Morgan fingerprint density at radius 3 is 1.25 bits per heavy atom. The molecular formula is C16H30N4O8. The third-order valence-corrected chi connectivity index (χ3v) is 3.79. The van der Waals surface area contributed by atoms with Gasteiger partial charge in [0.1, 0.15) is 0 Å². The van der Waals surface area contributed by atoms with Crippen LogP contribution >= 0.6 is 0 Å². The fourth-order valence-corrected chi connectivity index (χ4v) is 2.67. The van der Waals surface area contributed by atoms with Gasteiger partial charge >= 0.3 is 23.9 Å². The molecule has 0 saturated carbocycles. The molecule has 12 nitrogen and oxygen atoms in total. The maximum Gasteiger partial charge on any atom is 0.317 e. The molecule has 0 atom stereocenters. The first-order valence-electron chi connectivity index (χ1n) is 8.87. The molecule has 0 aromatic heterocycles. The van der Waals surface area contributed by atoms with E-state index in [1.807, 2.05) is 0 Å². The average Bonchev–Trinajstić information content (AvgIpc) is 2.53. The molecule has 0 bridgehead atoms. The molecule has 0 aliphatic heterocycles. The number of carboxylic acid groups (broad SMARTS) is 4. The lowest BCUT2D eigenvalue weighted by molar-refractivity contribution is -0.147. The second-order valence-electron chi connectivity index (χ2n) is 6.46. The Morgan fingerprint density at radius 1 is 0.536 bits per heavy atom. The van der Waals surface area contributed by atoms with Gasteiger partial charge in [0.05, 0.1) is 25.8 Å². The van der Waals surface area contributed by atoms with Gasteiger partial charge in [-0.05, 0) is 0 Å². The van der Waals surface area contributed by atoms with Gasteiger partial charge in [-0.1, -0.05) is 0 Å². The van der Waals surface area contributed by atoms with E-state index in [9.17, 15) is 19.2 Å². The molecule has 0 spiro atoms. The predicted octanol–water partition coefficient (Wildman–Crippen LogP) is -2.16. The first kappa shape index (κ1) is 25.7. The lowest BCUT2D eigenvalue weighted by atomic mass is 9.78. The maximum absolute atomic E-state index is 11.0. The van der Waals surface area contributed by atoms with Crippen molar-refractivity contribution in [3.63, 3.8) is 0 Å². The minimum Gasteiger partial charge on any atom is -0.481 e. The quantitative estimate of drug-likeness (QED) is 0.108. The molecule has 0 amide bonds. The molecule has 28 heavy (non-hydrogen) atoms. The van der Waals surface area contributed by atoms with E-state index >= 15 is 0 Å². The lowest BCUT2D eigenvalue weighted by Gasteiger charge is -2.29. The van der Waals surface area contributed by atoms with Crippen LogP contribution in [0.2, 0.25) is 0 Å². The zero-order chi connectivity index (χ0) is 21.4. The van der Waals surface area contributed by atoms with Crippen molar-refractivity contribution in [2.24, 2.45) is 5.41 Å². The smallest absolute Gasteiger partial charge is 0.317 e. The SMILES string of the molecule is O=C(O)CNCCNCCNCCNCC(CC(=O)O)(CC(=O)O)CC(=O)O. The minimum absolute atomic E-state index is 0.0346. The van der Waals surface area contributed by atoms with E-state index in [4.69, 9.17) is 20.4 Å². The number of rotatable bonds is 19. The number of carbonyl (C=O) groups is 4. The van der Waals surface area contributed by atoms with Crippen LogP contribution in [0.3, 0.4) is 0 Å².